The van der Waals surface area contributed by atoms with Crippen molar-refractivity contribution < 1.29 is 19.1 Å². The van der Waals surface area contributed by atoms with Gasteiger partial charge in [0.15, 0.2) is 0 Å². The summed E-state index contributed by atoms with van der Waals surface area (Å²) in [6.07, 6.45) is 3.45. The molecule has 0 bridgehead atoms. The molecule has 0 atom stereocenters. The van der Waals surface area contributed by atoms with Crippen LogP contribution in [0, 0.1) is 0 Å². The molecule has 26 heavy (non-hydrogen) atoms. The molecule has 2 aromatic heterocycles. The van der Waals surface area contributed by atoms with Gasteiger partial charge in [-0.15, -0.1) is 0 Å². The fourth-order valence-corrected chi connectivity index (χ4v) is 3.28. The number of hydrogen-bond donors (Lipinski definition) is 0. The summed E-state index contributed by atoms with van der Waals surface area (Å²) in [6.45, 7) is 4.13. The summed E-state index contributed by atoms with van der Waals surface area (Å²) >= 11 is 6.31. The lowest BCUT2D eigenvalue weighted by Crippen LogP contribution is -2.13. The Labute approximate surface area is 155 Å². The Morgan fingerprint density at radius 2 is 1.69 bits per heavy atom. The lowest BCUT2D eigenvalue weighted by atomic mass is 9.97. The van der Waals surface area contributed by atoms with E-state index in [1.54, 1.807) is 46.6 Å². The van der Waals surface area contributed by atoms with Crippen LogP contribution in [0.2, 0.25) is 5.02 Å². The van der Waals surface area contributed by atoms with Crippen LogP contribution in [0.25, 0.3) is 11.2 Å². The van der Waals surface area contributed by atoms with Crippen LogP contribution in [0.15, 0.2) is 43.2 Å². The molecule has 0 saturated carbocycles. The quantitative estimate of drug-likeness (QED) is 0.657. The number of aromatic nitrogens is 2. The number of halogens is 1. The highest BCUT2D eigenvalue weighted by Crippen LogP contribution is 2.36. The molecule has 134 valence electrons. The Morgan fingerprint density at radius 3 is 2.31 bits per heavy atom. The predicted molar refractivity (Wildman–Crippen MR) is 98.6 cm³/mol. The number of fused-ring (bicyclic) bond motifs is 1. The number of hydrogen-bond acceptors (Lipinski definition) is 4. The normalized spacial score (nSPS) is 10.8. The minimum absolute atomic E-state index is 0.0816. The van der Waals surface area contributed by atoms with Crippen LogP contribution in [0.1, 0.15) is 32.0 Å². The molecule has 0 unspecified atom stereocenters. The third-order valence-electron chi connectivity index (χ3n) is 4.22. The summed E-state index contributed by atoms with van der Waals surface area (Å²) in [4.78, 5) is 24.9. The fourth-order valence-electron chi connectivity index (χ4n) is 3.03. The third-order valence-corrected chi connectivity index (χ3v) is 4.55. The topological polar surface area (TPSA) is 61.9 Å². The molecule has 3 rings (SSSR count). The molecule has 7 heteroatoms. The van der Waals surface area contributed by atoms with Gasteiger partial charge in [0, 0.05) is 35.6 Å². The van der Waals surface area contributed by atoms with E-state index in [-0.39, 0.29) is 11.3 Å². The van der Waals surface area contributed by atoms with Crippen molar-refractivity contribution >= 4 is 34.8 Å². The molecule has 1 aromatic carbocycles. The number of aryl methyl sites for hydroxylation is 1. The number of carbonyl (C=O) groups is 2. The molecule has 0 aliphatic heterocycles. The molecule has 2 heterocycles. The first-order chi connectivity index (χ1) is 12.4. The first-order valence-electron chi connectivity index (χ1n) is 7.72. The first-order valence-corrected chi connectivity index (χ1v) is 8.10. The SMILES string of the molecule is C=C(c1ccccc1Cl)c1c(C(=O)OC)c(C(=O)OC)n2ccn(C)c12. The van der Waals surface area contributed by atoms with Crippen LogP contribution in [-0.4, -0.2) is 35.1 Å². The van der Waals surface area contributed by atoms with Crippen LogP contribution >= 0.6 is 11.6 Å². The van der Waals surface area contributed by atoms with Gasteiger partial charge in [-0.3, -0.25) is 4.40 Å². The molecule has 0 aliphatic carbocycles. The van der Waals surface area contributed by atoms with Crippen molar-refractivity contribution in [3.8, 4) is 0 Å². The molecule has 6 nitrogen and oxygen atoms in total. The second-order valence-electron chi connectivity index (χ2n) is 5.64. The van der Waals surface area contributed by atoms with Crippen LogP contribution in [0.5, 0.6) is 0 Å². The maximum Gasteiger partial charge on any atom is 0.356 e. The molecule has 0 fully saturated rings. The lowest BCUT2D eigenvalue weighted by Gasteiger charge is -2.10. The Hall–Kier alpha value is -2.99. The summed E-state index contributed by atoms with van der Waals surface area (Å²) in [5, 5.41) is 0.487. The van der Waals surface area contributed by atoms with Gasteiger partial charge in [-0.2, -0.15) is 0 Å². The predicted octanol–water partition coefficient (Wildman–Crippen LogP) is 3.57. The molecule has 0 radical (unpaired) electrons. The minimum atomic E-state index is -0.655. The number of rotatable bonds is 4. The van der Waals surface area contributed by atoms with Gasteiger partial charge in [-0.05, 0) is 11.6 Å². The van der Waals surface area contributed by atoms with Gasteiger partial charge in [0.25, 0.3) is 0 Å². The zero-order chi connectivity index (χ0) is 19.0. The second-order valence-corrected chi connectivity index (χ2v) is 6.05. The third kappa shape index (κ3) is 2.59. The van der Waals surface area contributed by atoms with Crippen molar-refractivity contribution in [1.82, 2.24) is 8.97 Å². The maximum absolute atomic E-state index is 12.5. The number of benzene rings is 1. The Morgan fingerprint density at radius 1 is 1.04 bits per heavy atom. The fraction of sp³-hybridized carbons (Fsp3) is 0.158. The molecule has 0 amide bonds. The Balaban J connectivity index is 2.42. The molecule has 3 aromatic rings. The van der Waals surface area contributed by atoms with Gasteiger partial charge < -0.3 is 14.0 Å². The van der Waals surface area contributed by atoms with Crippen LogP contribution in [0.3, 0.4) is 0 Å². The molecule has 0 aliphatic rings. The largest absolute Gasteiger partial charge is 0.465 e. The van der Waals surface area contributed by atoms with E-state index in [9.17, 15) is 9.59 Å². The molecular weight excluding hydrogens is 356 g/mol. The summed E-state index contributed by atoms with van der Waals surface area (Å²) in [5.74, 6) is -1.30. The highest BCUT2D eigenvalue weighted by Gasteiger charge is 2.32. The average Bonchev–Trinajstić information content (AvgIpc) is 3.18. The van der Waals surface area contributed by atoms with Crippen molar-refractivity contribution in [3.63, 3.8) is 0 Å². The molecule has 0 spiro atoms. The van der Waals surface area contributed by atoms with E-state index in [0.29, 0.717) is 27.4 Å². The van der Waals surface area contributed by atoms with Crippen molar-refractivity contribution in [2.75, 3.05) is 14.2 Å². The van der Waals surface area contributed by atoms with E-state index < -0.39 is 11.9 Å². The van der Waals surface area contributed by atoms with E-state index in [2.05, 4.69) is 6.58 Å². The van der Waals surface area contributed by atoms with Crippen LogP contribution < -0.4 is 0 Å². The summed E-state index contributed by atoms with van der Waals surface area (Å²) < 4.78 is 13.2. The summed E-state index contributed by atoms with van der Waals surface area (Å²) in [5.41, 5.74) is 2.41. The highest BCUT2D eigenvalue weighted by atomic mass is 35.5. The minimum Gasteiger partial charge on any atom is -0.465 e. The smallest absolute Gasteiger partial charge is 0.356 e. The van der Waals surface area contributed by atoms with Crippen molar-refractivity contribution in [1.29, 1.82) is 0 Å². The number of imidazole rings is 1. The number of esters is 2. The number of carbonyl (C=O) groups excluding carboxylic acids is 2. The van der Waals surface area contributed by atoms with Gasteiger partial charge in [0.2, 0.25) is 0 Å². The monoisotopic (exact) mass is 372 g/mol. The summed E-state index contributed by atoms with van der Waals surface area (Å²) in [6, 6.07) is 7.16. The van der Waals surface area contributed by atoms with Crippen molar-refractivity contribution in [2.45, 2.75) is 0 Å². The number of methoxy groups -OCH3 is 2. The van der Waals surface area contributed by atoms with Gasteiger partial charge in [0.1, 0.15) is 16.9 Å². The van der Waals surface area contributed by atoms with E-state index in [1.165, 1.54) is 14.2 Å². The van der Waals surface area contributed by atoms with Crippen LogP contribution in [-0.2, 0) is 16.5 Å². The van der Waals surface area contributed by atoms with Crippen molar-refractivity contribution in [3.05, 3.63) is 70.6 Å². The van der Waals surface area contributed by atoms with Gasteiger partial charge >= 0.3 is 11.9 Å². The van der Waals surface area contributed by atoms with Gasteiger partial charge in [-0.1, -0.05) is 36.4 Å². The maximum atomic E-state index is 12.5. The molecule has 0 saturated heterocycles. The second kappa shape index (κ2) is 6.72. The zero-order valence-corrected chi connectivity index (χ0v) is 15.3. The van der Waals surface area contributed by atoms with E-state index >= 15 is 0 Å². The number of ether oxygens (including phenoxy) is 2. The van der Waals surface area contributed by atoms with Crippen LogP contribution in [0.4, 0.5) is 0 Å². The van der Waals surface area contributed by atoms with E-state index in [4.69, 9.17) is 21.1 Å². The Bertz CT molecular complexity index is 1050. The average molecular weight is 373 g/mol. The highest BCUT2D eigenvalue weighted by molar-refractivity contribution is 6.32. The lowest BCUT2D eigenvalue weighted by molar-refractivity contribution is 0.0550. The Kier molecular flexibility index (Phi) is 4.61. The first kappa shape index (κ1) is 17.8. The van der Waals surface area contributed by atoms with Gasteiger partial charge in [0.05, 0.1) is 14.2 Å². The van der Waals surface area contributed by atoms with E-state index in [0.717, 1.165) is 0 Å². The molecular formula is C19H17ClN2O4. The number of nitrogens with zero attached hydrogens (tertiary/aromatic N) is 2. The zero-order valence-electron chi connectivity index (χ0n) is 14.6. The van der Waals surface area contributed by atoms with Crippen molar-refractivity contribution in [2.24, 2.45) is 7.05 Å². The van der Waals surface area contributed by atoms with Gasteiger partial charge in [-0.25, -0.2) is 9.59 Å². The van der Waals surface area contributed by atoms with E-state index in [1.807, 2.05) is 6.07 Å². The standard InChI is InChI=1S/C19H17ClN2O4/c1-11(12-7-5-6-8-13(12)20)14-15(18(23)25-3)16(19(24)26-4)22-10-9-21(2)17(14)22/h5-10H,1H2,2-4H3. The molecule has 0 N–H and O–H groups in total. The summed E-state index contributed by atoms with van der Waals surface area (Å²) in [7, 11) is 4.32.